The Morgan fingerprint density at radius 1 is 1.42 bits per heavy atom. The van der Waals surface area contributed by atoms with Gasteiger partial charge in [0, 0.05) is 18.7 Å². The Morgan fingerprint density at radius 3 is 2.58 bits per heavy atom. The van der Waals surface area contributed by atoms with Gasteiger partial charge in [0.1, 0.15) is 0 Å². The molecule has 110 valence electrons. The second-order valence-electron chi connectivity index (χ2n) is 5.50. The van der Waals surface area contributed by atoms with E-state index in [0.717, 1.165) is 31.6 Å². The molecule has 0 aromatic carbocycles. The summed E-state index contributed by atoms with van der Waals surface area (Å²) in [6.07, 6.45) is 5.05. The molecule has 0 aromatic heterocycles. The Kier molecular flexibility index (Phi) is 6.52. The van der Waals surface area contributed by atoms with Gasteiger partial charge in [-0.3, -0.25) is 0 Å². The number of carbonyl (C=O) groups excluding carboxylic acids is 1. The molecule has 0 spiro atoms. The maximum absolute atomic E-state index is 11.4. The minimum atomic E-state index is -0.624. The molecule has 0 aromatic rings. The standard InChI is InChI=1S/C15H27NO3/c1-4-13-6-8-15(18,9-7-13)11-16-10-12(3)14(17)19-5-2/h13,16,18H,3-11H2,1-2H3. The SMILES string of the molecule is C=C(CNCC1(O)CCC(CC)CC1)C(=O)OCC. The van der Waals surface area contributed by atoms with Crippen LogP contribution in [0, 0.1) is 5.92 Å². The molecule has 1 rings (SSSR count). The highest BCUT2D eigenvalue weighted by molar-refractivity contribution is 5.88. The molecule has 0 unspecified atom stereocenters. The predicted molar refractivity (Wildman–Crippen MR) is 75.8 cm³/mol. The van der Waals surface area contributed by atoms with Crippen molar-refractivity contribution in [1.29, 1.82) is 0 Å². The van der Waals surface area contributed by atoms with E-state index in [1.54, 1.807) is 6.92 Å². The molecule has 2 N–H and O–H groups in total. The minimum Gasteiger partial charge on any atom is -0.463 e. The summed E-state index contributed by atoms with van der Waals surface area (Å²) in [6.45, 7) is 8.91. The Balaban J connectivity index is 2.25. The molecule has 1 saturated carbocycles. The van der Waals surface area contributed by atoms with Crippen LogP contribution in [0.2, 0.25) is 0 Å². The van der Waals surface area contributed by atoms with Crippen LogP contribution in [0.1, 0.15) is 46.0 Å². The summed E-state index contributed by atoms with van der Waals surface area (Å²) in [5, 5.41) is 13.5. The number of nitrogens with one attached hydrogen (secondary N) is 1. The molecule has 0 saturated heterocycles. The van der Waals surface area contributed by atoms with Crippen LogP contribution in [0.3, 0.4) is 0 Å². The molecule has 19 heavy (non-hydrogen) atoms. The van der Waals surface area contributed by atoms with Gasteiger partial charge in [0.2, 0.25) is 0 Å². The average molecular weight is 269 g/mol. The quantitative estimate of drug-likeness (QED) is 0.548. The molecule has 0 radical (unpaired) electrons. The fraction of sp³-hybridized carbons (Fsp3) is 0.800. The second-order valence-corrected chi connectivity index (χ2v) is 5.50. The molecule has 0 aliphatic heterocycles. The Labute approximate surface area is 116 Å². The van der Waals surface area contributed by atoms with Crippen molar-refractivity contribution in [2.75, 3.05) is 19.7 Å². The first-order valence-electron chi connectivity index (χ1n) is 7.28. The fourth-order valence-corrected chi connectivity index (χ4v) is 2.55. The smallest absolute Gasteiger partial charge is 0.334 e. The molecule has 4 heteroatoms. The summed E-state index contributed by atoms with van der Waals surface area (Å²) in [5.74, 6) is 0.395. The lowest BCUT2D eigenvalue weighted by atomic mass is 9.78. The minimum absolute atomic E-state index is 0.361. The van der Waals surface area contributed by atoms with E-state index < -0.39 is 5.60 Å². The van der Waals surface area contributed by atoms with Crippen LogP contribution < -0.4 is 5.32 Å². The van der Waals surface area contributed by atoms with Crippen molar-refractivity contribution >= 4 is 5.97 Å². The lowest BCUT2D eigenvalue weighted by molar-refractivity contribution is -0.138. The van der Waals surface area contributed by atoms with Gasteiger partial charge in [0.15, 0.2) is 0 Å². The van der Waals surface area contributed by atoms with Gasteiger partial charge in [-0.2, -0.15) is 0 Å². The number of hydrogen-bond acceptors (Lipinski definition) is 4. The summed E-state index contributed by atoms with van der Waals surface area (Å²) < 4.78 is 4.86. The zero-order valence-electron chi connectivity index (χ0n) is 12.2. The van der Waals surface area contributed by atoms with Crippen molar-refractivity contribution in [3.63, 3.8) is 0 Å². The number of ether oxygens (including phenoxy) is 1. The van der Waals surface area contributed by atoms with Gasteiger partial charge in [0.25, 0.3) is 0 Å². The fourth-order valence-electron chi connectivity index (χ4n) is 2.55. The largest absolute Gasteiger partial charge is 0.463 e. The van der Waals surface area contributed by atoms with Crippen LogP contribution >= 0.6 is 0 Å². The van der Waals surface area contributed by atoms with Crippen molar-refractivity contribution in [3.05, 3.63) is 12.2 Å². The number of rotatable bonds is 7. The van der Waals surface area contributed by atoms with E-state index in [1.807, 2.05) is 0 Å². The van der Waals surface area contributed by atoms with Crippen LogP contribution in [-0.2, 0) is 9.53 Å². The highest BCUT2D eigenvalue weighted by Crippen LogP contribution is 2.33. The molecule has 1 aliphatic carbocycles. The highest BCUT2D eigenvalue weighted by Gasteiger charge is 2.32. The molecule has 1 fully saturated rings. The zero-order valence-corrected chi connectivity index (χ0v) is 12.2. The monoisotopic (exact) mass is 269 g/mol. The Hall–Kier alpha value is -0.870. The third-order valence-corrected chi connectivity index (χ3v) is 3.97. The van der Waals surface area contributed by atoms with E-state index in [9.17, 15) is 9.90 Å². The third kappa shape index (κ3) is 5.33. The molecular weight excluding hydrogens is 242 g/mol. The number of esters is 1. The topological polar surface area (TPSA) is 58.6 Å². The van der Waals surface area contributed by atoms with Crippen molar-refractivity contribution in [3.8, 4) is 0 Å². The molecule has 4 nitrogen and oxygen atoms in total. The van der Waals surface area contributed by atoms with Gasteiger partial charge in [-0.25, -0.2) is 4.79 Å². The van der Waals surface area contributed by atoms with E-state index in [2.05, 4.69) is 18.8 Å². The van der Waals surface area contributed by atoms with Crippen molar-refractivity contribution in [2.24, 2.45) is 5.92 Å². The van der Waals surface area contributed by atoms with Gasteiger partial charge < -0.3 is 15.2 Å². The van der Waals surface area contributed by atoms with E-state index in [0.29, 0.717) is 25.3 Å². The number of hydrogen-bond donors (Lipinski definition) is 2. The summed E-state index contributed by atoms with van der Waals surface area (Å²) >= 11 is 0. The summed E-state index contributed by atoms with van der Waals surface area (Å²) in [7, 11) is 0. The zero-order chi connectivity index (χ0) is 14.3. The number of aliphatic hydroxyl groups is 1. The molecular formula is C15H27NO3. The van der Waals surface area contributed by atoms with Crippen LogP contribution in [0.25, 0.3) is 0 Å². The maximum atomic E-state index is 11.4. The summed E-state index contributed by atoms with van der Waals surface area (Å²) in [6, 6.07) is 0. The highest BCUT2D eigenvalue weighted by atomic mass is 16.5. The lowest BCUT2D eigenvalue weighted by Crippen LogP contribution is -2.44. The Bertz CT molecular complexity index is 307. The van der Waals surface area contributed by atoms with Crippen molar-refractivity contribution < 1.29 is 14.6 Å². The summed E-state index contributed by atoms with van der Waals surface area (Å²) in [5.41, 5.74) is -0.214. The van der Waals surface area contributed by atoms with Gasteiger partial charge >= 0.3 is 5.97 Å². The molecule has 0 bridgehead atoms. The third-order valence-electron chi connectivity index (χ3n) is 3.97. The maximum Gasteiger partial charge on any atom is 0.334 e. The van der Waals surface area contributed by atoms with Crippen molar-refractivity contribution in [1.82, 2.24) is 5.32 Å². The van der Waals surface area contributed by atoms with E-state index >= 15 is 0 Å². The van der Waals surface area contributed by atoms with Crippen LogP contribution in [0.15, 0.2) is 12.2 Å². The molecule has 0 heterocycles. The van der Waals surface area contributed by atoms with Crippen molar-refractivity contribution in [2.45, 2.75) is 51.6 Å². The van der Waals surface area contributed by atoms with Gasteiger partial charge in [-0.05, 0) is 38.5 Å². The first-order chi connectivity index (χ1) is 9.00. The first kappa shape index (κ1) is 16.2. The van der Waals surface area contributed by atoms with E-state index in [4.69, 9.17) is 4.74 Å². The second kappa shape index (κ2) is 7.65. The molecule has 1 aliphatic rings. The van der Waals surface area contributed by atoms with Gasteiger partial charge in [0.05, 0.1) is 12.2 Å². The van der Waals surface area contributed by atoms with Gasteiger partial charge in [-0.15, -0.1) is 0 Å². The summed E-state index contributed by atoms with van der Waals surface area (Å²) in [4.78, 5) is 11.4. The molecule has 0 atom stereocenters. The van der Waals surface area contributed by atoms with E-state index in [1.165, 1.54) is 6.42 Å². The van der Waals surface area contributed by atoms with Crippen LogP contribution in [0.4, 0.5) is 0 Å². The van der Waals surface area contributed by atoms with Gasteiger partial charge in [-0.1, -0.05) is 19.9 Å². The lowest BCUT2D eigenvalue weighted by Gasteiger charge is -2.36. The van der Waals surface area contributed by atoms with Crippen LogP contribution in [-0.4, -0.2) is 36.4 Å². The van der Waals surface area contributed by atoms with Crippen LogP contribution in [0.5, 0.6) is 0 Å². The average Bonchev–Trinajstić information content (AvgIpc) is 2.39. The molecule has 0 amide bonds. The van der Waals surface area contributed by atoms with E-state index in [-0.39, 0.29) is 5.97 Å². The Morgan fingerprint density at radius 2 is 2.05 bits per heavy atom. The predicted octanol–water partition coefficient (Wildman–Crippen LogP) is 2.03. The normalized spacial score (nSPS) is 27.0. The number of carbonyl (C=O) groups is 1. The first-order valence-corrected chi connectivity index (χ1v) is 7.28.